The molecule has 168 valence electrons. The molecule has 0 bridgehead atoms. The molecule has 5 nitrogen and oxygen atoms in total. The third-order valence-corrected chi connectivity index (χ3v) is 6.62. The van der Waals surface area contributed by atoms with Gasteiger partial charge in [0.2, 0.25) is 0 Å². The molecule has 1 aliphatic heterocycles. The Bertz CT molecular complexity index is 1120. The number of rotatable bonds is 5. The third kappa shape index (κ3) is 4.04. The van der Waals surface area contributed by atoms with E-state index in [1.807, 2.05) is 60.0 Å². The maximum atomic E-state index is 13.6. The van der Waals surface area contributed by atoms with Crippen LogP contribution in [0, 0.1) is 20.8 Å². The molecule has 0 spiro atoms. The highest BCUT2D eigenvalue weighted by molar-refractivity contribution is 6.00. The van der Waals surface area contributed by atoms with Gasteiger partial charge in [-0.25, -0.2) is 0 Å². The second-order valence-corrected chi connectivity index (χ2v) is 8.85. The monoisotopic (exact) mass is 432 g/mol. The lowest BCUT2D eigenvalue weighted by molar-refractivity contribution is 0.0499. The van der Waals surface area contributed by atoms with E-state index in [1.165, 1.54) is 0 Å². The van der Waals surface area contributed by atoms with Crippen molar-refractivity contribution in [3.8, 4) is 0 Å². The summed E-state index contributed by atoms with van der Waals surface area (Å²) in [5, 5.41) is 1.05. The molecule has 0 aliphatic carbocycles. The zero-order valence-electron chi connectivity index (χ0n) is 19.5. The minimum atomic E-state index is -0.0350. The fraction of sp³-hybridized carbons (Fsp3) is 0.407. The topological polar surface area (TPSA) is 53.8 Å². The van der Waals surface area contributed by atoms with E-state index < -0.39 is 0 Å². The summed E-state index contributed by atoms with van der Waals surface area (Å²) in [6, 6.07) is 13.6. The minimum Gasteiger partial charge on any atom is -0.450 e. The van der Waals surface area contributed by atoms with Crippen molar-refractivity contribution in [1.82, 2.24) is 9.80 Å². The highest BCUT2D eigenvalue weighted by Gasteiger charge is 2.32. The van der Waals surface area contributed by atoms with Crippen LogP contribution in [0.25, 0.3) is 11.0 Å². The molecular formula is C27H32N2O3. The van der Waals surface area contributed by atoms with E-state index in [0.717, 1.165) is 52.5 Å². The molecule has 1 aromatic heterocycles. The summed E-state index contributed by atoms with van der Waals surface area (Å²) in [5.41, 5.74) is 4.62. The maximum absolute atomic E-state index is 13.6. The number of furan rings is 1. The molecule has 1 saturated heterocycles. The van der Waals surface area contributed by atoms with Crippen LogP contribution in [0.2, 0.25) is 0 Å². The summed E-state index contributed by atoms with van der Waals surface area (Å²) in [4.78, 5) is 30.3. The van der Waals surface area contributed by atoms with Gasteiger partial charge in [-0.05, 0) is 63.3 Å². The lowest BCUT2D eigenvalue weighted by atomic mass is 10.00. The van der Waals surface area contributed by atoms with Crippen LogP contribution in [-0.2, 0) is 0 Å². The lowest BCUT2D eigenvalue weighted by Gasteiger charge is -2.38. The molecular weight excluding hydrogens is 400 g/mol. The first-order valence-corrected chi connectivity index (χ1v) is 11.6. The van der Waals surface area contributed by atoms with Crippen molar-refractivity contribution >= 4 is 22.8 Å². The van der Waals surface area contributed by atoms with E-state index in [9.17, 15) is 9.59 Å². The summed E-state index contributed by atoms with van der Waals surface area (Å²) in [6.45, 7) is 10.1. The van der Waals surface area contributed by atoms with Crippen LogP contribution in [0.1, 0.15) is 63.8 Å². The number of carbonyl (C=O) groups is 2. The molecule has 1 aliphatic rings. The van der Waals surface area contributed by atoms with Gasteiger partial charge in [0, 0.05) is 42.2 Å². The quantitative estimate of drug-likeness (QED) is 0.534. The Balaban J connectivity index is 1.53. The smallest absolute Gasteiger partial charge is 0.290 e. The predicted molar refractivity (Wildman–Crippen MR) is 127 cm³/mol. The highest BCUT2D eigenvalue weighted by atomic mass is 16.3. The van der Waals surface area contributed by atoms with Crippen molar-refractivity contribution < 1.29 is 14.0 Å². The zero-order chi connectivity index (χ0) is 22.8. The van der Waals surface area contributed by atoms with E-state index in [4.69, 9.17) is 4.42 Å². The summed E-state index contributed by atoms with van der Waals surface area (Å²) in [5.74, 6) is 0.484. The van der Waals surface area contributed by atoms with Gasteiger partial charge in [-0.3, -0.25) is 9.59 Å². The molecule has 0 atom stereocenters. The van der Waals surface area contributed by atoms with Gasteiger partial charge in [-0.1, -0.05) is 37.3 Å². The number of aryl methyl sites for hydroxylation is 3. The van der Waals surface area contributed by atoms with Gasteiger partial charge in [0.1, 0.15) is 5.58 Å². The molecule has 5 heteroatoms. The number of amides is 2. The van der Waals surface area contributed by atoms with Crippen LogP contribution in [-0.4, -0.2) is 47.3 Å². The van der Waals surface area contributed by atoms with Crippen LogP contribution in [0.4, 0.5) is 0 Å². The average Bonchev–Trinajstić information content (AvgIpc) is 3.18. The van der Waals surface area contributed by atoms with Crippen LogP contribution >= 0.6 is 0 Å². The van der Waals surface area contributed by atoms with Crippen molar-refractivity contribution in [2.75, 3.05) is 19.6 Å². The maximum Gasteiger partial charge on any atom is 0.290 e. The van der Waals surface area contributed by atoms with E-state index >= 15 is 0 Å². The van der Waals surface area contributed by atoms with Gasteiger partial charge >= 0.3 is 0 Å². The Labute approximate surface area is 190 Å². The molecule has 32 heavy (non-hydrogen) atoms. The van der Waals surface area contributed by atoms with Gasteiger partial charge in [0.25, 0.3) is 11.8 Å². The third-order valence-electron chi connectivity index (χ3n) is 6.62. The fourth-order valence-corrected chi connectivity index (χ4v) is 4.84. The van der Waals surface area contributed by atoms with Crippen LogP contribution in [0.5, 0.6) is 0 Å². The number of fused-ring (bicyclic) bond motifs is 1. The summed E-state index contributed by atoms with van der Waals surface area (Å²) in [7, 11) is 0. The number of hydrogen-bond donors (Lipinski definition) is 0. The molecule has 4 rings (SSSR count). The largest absolute Gasteiger partial charge is 0.450 e. The molecule has 1 fully saturated rings. The van der Waals surface area contributed by atoms with Crippen LogP contribution < -0.4 is 0 Å². The average molecular weight is 433 g/mol. The van der Waals surface area contributed by atoms with Crippen molar-refractivity contribution in [1.29, 1.82) is 0 Å². The minimum absolute atomic E-state index is 0.0350. The van der Waals surface area contributed by atoms with E-state index in [2.05, 4.69) is 19.9 Å². The van der Waals surface area contributed by atoms with Gasteiger partial charge in [0.05, 0.1) is 0 Å². The number of carbonyl (C=O) groups excluding carboxylic acids is 2. The molecule has 2 heterocycles. The number of nitrogens with zero attached hydrogens (tertiary/aromatic N) is 2. The van der Waals surface area contributed by atoms with Crippen molar-refractivity contribution in [3.63, 3.8) is 0 Å². The summed E-state index contributed by atoms with van der Waals surface area (Å²) < 4.78 is 6.15. The molecule has 0 N–H and O–H groups in total. The van der Waals surface area contributed by atoms with Crippen molar-refractivity contribution in [2.24, 2.45) is 0 Å². The standard InChI is InChI=1S/C27H32N2O3/c1-5-15-29(22-13-16-28(17-14-22)26(30)21-9-7-6-8-10-21)27(31)25-20(4)23-18(2)11-12-19(3)24(23)32-25/h6-12,22H,5,13-17H2,1-4H3. The Hall–Kier alpha value is -3.08. The number of piperidine rings is 1. The molecule has 2 amide bonds. The molecule has 0 unspecified atom stereocenters. The Morgan fingerprint density at radius 1 is 1.00 bits per heavy atom. The normalized spacial score (nSPS) is 14.7. The predicted octanol–water partition coefficient (Wildman–Crippen LogP) is 5.52. The Morgan fingerprint density at radius 3 is 2.28 bits per heavy atom. The molecule has 3 aromatic rings. The van der Waals surface area contributed by atoms with E-state index in [1.54, 1.807) is 0 Å². The van der Waals surface area contributed by atoms with E-state index in [-0.39, 0.29) is 17.9 Å². The first-order valence-electron chi connectivity index (χ1n) is 11.6. The fourth-order valence-electron chi connectivity index (χ4n) is 4.84. The zero-order valence-corrected chi connectivity index (χ0v) is 19.5. The number of likely N-dealkylation sites (tertiary alicyclic amines) is 1. The molecule has 2 aromatic carbocycles. The highest BCUT2D eigenvalue weighted by Crippen LogP contribution is 2.32. The summed E-state index contributed by atoms with van der Waals surface area (Å²) >= 11 is 0. The molecule has 0 saturated carbocycles. The van der Waals surface area contributed by atoms with E-state index in [0.29, 0.717) is 25.4 Å². The van der Waals surface area contributed by atoms with Crippen LogP contribution in [0.15, 0.2) is 46.9 Å². The first kappa shape index (κ1) is 22.1. The van der Waals surface area contributed by atoms with Crippen LogP contribution in [0.3, 0.4) is 0 Å². The number of benzene rings is 2. The Morgan fingerprint density at radius 2 is 1.66 bits per heavy atom. The second kappa shape index (κ2) is 9.19. The lowest BCUT2D eigenvalue weighted by Crippen LogP contribution is -2.49. The van der Waals surface area contributed by atoms with Crippen molar-refractivity contribution in [2.45, 2.75) is 53.0 Å². The molecule has 0 radical (unpaired) electrons. The van der Waals surface area contributed by atoms with Gasteiger partial charge in [-0.15, -0.1) is 0 Å². The SMILES string of the molecule is CCCN(C(=O)c1oc2c(C)ccc(C)c2c1C)C1CCN(C(=O)c2ccccc2)CC1. The Kier molecular flexibility index (Phi) is 6.35. The first-order chi connectivity index (χ1) is 15.4. The van der Waals surface area contributed by atoms with Crippen molar-refractivity contribution in [3.05, 3.63) is 70.5 Å². The summed E-state index contributed by atoms with van der Waals surface area (Å²) in [6.07, 6.45) is 2.44. The van der Waals surface area contributed by atoms with Gasteiger partial charge in [-0.2, -0.15) is 0 Å². The van der Waals surface area contributed by atoms with Gasteiger partial charge < -0.3 is 14.2 Å². The second-order valence-electron chi connectivity index (χ2n) is 8.85. The number of hydrogen-bond acceptors (Lipinski definition) is 3. The van der Waals surface area contributed by atoms with Gasteiger partial charge in [0.15, 0.2) is 5.76 Å².